The van der Waals surface area contributed by atoms with Gasteiger partial charge >= 0.3 is 0 Å². The predicted octanol–water partition coefficient (Wildman–Crippen LogP) is 2.29. The molecule has 2 heterocycles. The molecule has 1 aliphatic rings. The standard InChI is InChI=1S/C17H21ClN4O2.ClH/c18-15-1-3-16(4-2-15)22-13-14(12-20-22)11-19-6-5-17(23)21-7-9-24-10-8-21;/h1-4,12-13,19H,5-11H2;1H. The van der Waals surface area contributed by atoms with E-state index < -0.39 is 0 Å². The summed E-state index contributed by atoms with van der Waals surface area (Å²) in [4.78, 5) is 13.9. The van der Waals surface area contributed by atoms with Crippen molar-refractivity contribution >= 4 is 29.9 Å². The first-order chi connectivity index (χ1) is 11.7. The lowest BCUT2D eigenvalue weighted by atomic mass is 10.3. The summed E-state index contributed by atoms with van der Waals surface area (Å²) in [5, 5.41) is 8.35. The van der Waals surface area contributed by atoms with Gasteiger partial charge in [-0.3, -0.25) is 4.79 Å². The van der Waals surface area contributed by atoms with Crippen molar-refractivity contribution in [2.24, 2.45) is 0 Å². The molecule has 0 unspecified atom stereocenters. The van der Waals surface area contributed by atoms with Crippen LogP contribution in [0.2, 0.25) is 5.02 Å². The molecule has 0 saturated carbocycles. The second kappa shape index (κ2) is 9.77. The summed E-state index contributed by atoms with van der Waals surface area (Å²) in [6, 6.07) is 7.53. The van der Waals surface area contributed by atoms with E-state index in [-0.39, 0.29) is 18.3 Å². The summed E-state index contributed by atoms with van der Waals surface area (Å²) in [6.07, 6.45) is 4.30. The molecule has 1 N–H and O–H groups in total. The minimum Gasteiger partial charge on any atom is -0.378 e. The van der Waals surface area contributed by atoms with Crippen LogP contribution in [0.25, 0.3) is 5.69 Å². The highest BCUT2D eigenvalue weighted by Crippen LogP contribution is 2.13. The molecule has 2 aromatic rings. The molecule has 8 heteroatoms. The van der Waals surface area contributed by atoms with Gasteiger partial charge in [0.05, 0.1) is 25.1 Å². The molecule has 0 bridgehead atoms. The number of hydrogen-bond donors (Lipinski definition) is 1. The molecule has 136 valence electrons. The van der Waals surface area contributed by atoms with E-state index in [0.717, 1.165) is 11.3 Å². The Hall–Kier alpha value is -1.60. The minimum atomic E-state index is 0. The first kappa shape index (κ1) is 19.7. The quantitative estimate of drug-likeness (QED) is 0.776. The first-order valence-corrected chi connectivity index (χ1v) is 8.46. The second-order valence-corrected chi connectivity index (χ2v) is 6.13. The van der Waals surface area contributed by atoms with E-state index in [2.05, 4.69) is 10.4 Å². The molecule has 1 aromatic carbocycles. The molecular formula is C17H22Cl2N4O2. The Kier molecular flexibility index (Phi) is 7.71. The fourth-order valence-electron chi connectivity index (χ4n) is 2.59. The van der Waals surface area contributed by atoms with Crippen LogP contribution in [0.4, 0.5) is 0 Å². The number of ether oxygens (including phenoxy) is 1. The van der Waals surface area contributed by atoms with Crippen molar-refractivity contribution in [1.29, 1.82) is 0 Å². The average molecular weight is 385 g/mol. The highest BCUT2D eigenvalue weighted by molar-refractivity contribution is 6.30. The molecule has 1 saturated heterocycles. The Morgan fingerprint density at radius 1 is 1.24 bits per heavy atom. The number of halogens is 2. The summed E-state index contributed by atoms with van der Waals surface area (Å²) in [6.45, 7) is 4.03. The van der Waals surface area contributed by atoms with Crippen LogP contribution in [0.5, 0.6) is 0 Å². The lowest BCUT2D eigenvalue weighted by Crippen LogP contribution is -2.41. The maximum Gasteiger partial charge on any atom is 0.224 e. The zero-order valence-corrected chi connectivity index (χ0v) is 15.4. The number of benzene rings is 1. The first-order valence-electron chi connectivity index (χ1n) is 8.08. The molecule has 3 rings (SSSR count). The Morgan fingerprint density at radius 3 is 2.68 bits per heavy atom. The van der Waals surface area contributed by atoms with Gasteiger partial charge in [-0.25, -0.2) is 4.68 Å². The highest BCUT2D eigenvalue weighted by atomic mass is 35.5. The lowest BCUT2D eigenvalue weighted by Gasteiger charge is -2.26. The van der Waals surface area contributed by atoms with Gasteiger partial charge < -0.3 is 15.0 Å². The average Bonchev–Trinajstić information content (AvgIpc) is 3.09. The maximum absolute atomic E-state index is 12.0. The van der Waals surface area contributed by atoms with Crippen LogP contribution >= 0.6 is 24.0 Å². The van der Waals surface area contributed by atoms with Gasteiger partial charge in [0.25, 0.3) is 0 Å². The molecule has 1 fully saturated rings. The monoisotopic (exact) mass is 384 g/mol. The highest BCUT2D eigenvalue weighted by Gasteiger charge is 2.15. The van der Waals surface area contributed by atoms with Gasteiger partial charge in [-0.2, -0.15) is 5.10 Å². The van der Waals surface area contributed by atoms with E-state index in [1.54, 1.807) is 0 Å². The lowest BCUT2D eigenvalue weighted by molar-refractivity contribution is -0.135. The molecule has 1 aromatic heterocycles. The van der Waals surface area contributed by atoms with Gasteiger partial charge in [-0.15, -0.1) is 12.4 Å². The molecule has 1 aliphatic heterocycles. The number of aromatic nitrogens is 2. The van der Waals surface area contributed by atoms with E-state index in [9.17, 15) is 4.79 Å². The summed E-state index contributed by atoms with van der Waals surface area (Å²) >= 11 is 5.89. The fourth-order valence-corrected chi connectivity index (χ4v) is 2.71. The van der Waals surface area contributed by atoms with Crippen LogP contribution in [0.1, 0.15) is 12.0 Å². The zero-order valence-electron chi connectivity index (χ0n) is 13.9. The van der Waals surface area contributed by atoms with E-state index in [4.69, 9.17) is 16.3 Å². The zero-order chi connectivity index (χ0) is 16.8. The number of nitrogens with one attached hydrogen (secondary N) is 1. The molecule has 0 radical (unpaired) electrons. The van der Waals surface area contributed by atoms with E-state index >= 15 is 0 Å². The summed E-state index contributed by atoms with van der Waals surface area (Å²) in [7, 11) is 0. The summed E-state index contributed by atoms with van der Waals surface area (Å²) < 4.78 is 7.06. The number of nitrogens with zero attached hydrogens (tertiary/aromatic N) is 3. The van der Waals surface area contributed by atoms with Crippen LogP contribution in [-0.2, 0) is 16.1 Å². The van der Waals surface area contributed by atoms with E-state index in [1.807, 2.05) is 46.2 Å². The molecule has 0 atom stereocenters. The van der Waals surface area contributed by atoms with Crippen molar-refractivity contribution in [2.75, 3.05) is 32.8 Å². The summed E-state index contributed by atoms with van der Waals surface area (Å²) in [5.74, 6) is 0.183. The Morgan fingerprint density at radius 2 is 1.96 bits per heavy atom. The van der Waals surface area contributed by atoms with Gasteiger partial charge in [-0.05, 0) is 24.3 Å². The van der Waals surface area contributed by atoms with Gasteiger partial charge in [0.1, 0.15) is 0 Å². The number of carbonyl (C=O) groups excluding carboxylic acids is 1. The van der Waals surface area contributed by atoms with Crippen LogP contribution < -0.4 is 5.32 Å². The van der Waals surface area contributed by atoms with Crippen LogP contribution in [0.15, 0.2) is 36.7 Å². The van der Waals surface area contributed by atoms with Gasteiger partial charge in [-0.1, -0.05) is 11.6 Å². The molecular weight excluding hydrogens is 363 g/mol. The normalized spacial score (nSPS) is 14.2. The third-order valence-corrected chi connectivity index (χ3v) is 4.19. The molecule has 6 nitrogen and oxygen atoms in total. The van der Waals surface area contributed by atoms with Crippen molar-refractivity contribution in [3.63, 3.8) is 0 Å². The van der Waals surface area contributed by atoms with Crippen molar-refractivity contribution < 1.29 is 9.53 Å². The maximum atomic E-state index is 12.0. The van der Waals surface area contributed by atoms with Gasteiger partial charge in [0.2, 0.25) is 5.91 Å². The largest absolute Gasteiger partial charge is 0.378 e. The van der Waals surface area contributed by atoms with E-state index in [1.165, 1.54) is 0 Å². The summed E-state index contributed by atoms with van der Waals surface area (Å²) in [5.41, 5.74) is 2.04. The van der Waals surface area contributed by atoms with Crippen molar-refractivity contribution in [3.8, 4) is 5.69 Å². The fraction of sp³-hybridized carbons (Fsp3) is 0.412. The predicted molar refractivity (Wildman–Crippen MR) is 99.5 cm³/mol. The number of amides is 1. The smallest absolute Gasteiger partial charge is 0.224 e. The van der Waals surface area contributed by atoms with Crippen molar-refractivity contribution in [1.82, 2.24) is 20.0 Å². The Balaban J connectivity index is 0.00000225. The number of morpholine rings is 1. The topological polar surface area (TPSA) is 59.4 Å². The van der Waals surface area contributed by atoms with Crippen LogP contribution in [-0.4, -0.2) is 53.4 Å². The third-order valence-electron chi connectivity index (χ3n) is 3.94. The molecule has 25 heavy (non-hydrogen) atoms. The number of hydrogen-bond acceptors (Lipinski definition) is 4. The van der Waals surface area contributed by atoms with Gasteiger partial charge in [0.15, 0.2) is 0 Å². The molecule has 0 spiro atoms. The number of carbonyl (C=O) groups is 1. The molecule has 0 aliphatic carbocycles. The van der Waals surface area contributed by atoms with Crippen molar-refractivity contribution in [3.05, 3.63) is 47.2 Å². The second-order valence-electron chi connectivity index (χ2n) is 5.69. The Bertz CT molecular complexity index is 670. The van der Waals surface area contributed by atoms with E-state index in [0.29, 0.717) is 50.8 Å². The van der Waals surface area contributed by atoms with Crippen LogP contribution in [0.3, 0.4) is 0 Å². The Labute approximate surface area is 158 Å². The van der Waals surface area contributed by atoms with Gasteiger partial charge in [0, 0.05) is 49.4 Å². The molecule has 1 amide bonds. The minimum absolute atomic E-state index is 0. The number of rotatable bonds is 6. The SMILES string of the molecule is Cl.O=C(CCNCc1cnn(-c2ccc(Cl)cc2)c1)N1CCOCC1. The third kappa shape index (κ3) is 5.71. The van der Waals surface area contributed by atoms with Crippen LogP contribution in [0, 0.1) is 0 Å². The van der Waals surface area contributed by atoms with Crippen molar-refractivity contribution in [2.45, 2.75) is 13.0 Å².